The topological polar surface area (TPSA) is 69.7 Å². The summed E-state index contributed by atoms with van der Waals surface area (Å²) in [5.74, 6) is -1.25. The molecule has 27 heavy (non-hydrogen) atoms. The third-order valence-corrected chi connectivity index (χ3v) is 5.20. The van der Waals surface area contributed by atoms with E-state index >= 15 is 0 Å². The molecule has 2 aliphatic rings. The van der Waals surface area contributed by atoms with Crippen molar-refractivity contribution in [3.8, 4) is 0 Å². The zero-order valence-electron chi connectivity index (χ0n) is 15.1. The Balaban J connectivity index is 1.45. The van der Waals surface area contributed by atoms with Crippen LogP contribution in [-0.4, -0.2) is 41.8 Å². The quantitative estimate of drug-likeness (QED) is 0.848. The number of carbonyl (C=O) groups is 3. The van der Waals surface area contributed by atoms with E-state index in [0.29, 0.717) is 16.8 Å². The van der Waals surface area contributed by atoms with Crippen molar-refractivity contribution in [2.24, 2.45) is 0 Å². The van der Waals surface area contributed by atoms with Crippen molar-refractivity contribution >= 4 is 29.1 Å². The molecule has 1 atom stereocenters. The fourth-order valence-corrected chi connectivity index (χ4v) is 3.65. The Kier molecular flexibility index (Phi) is 4.39. The van der Waals surface area contributed by atoms with Crippen molar-refractivity contribution < 1.29 is 14.4 Å². The largest absolute Gasteiger partial charge is 0.372 e. The first-order valence-corrected chi connectivity index (χ1v) is 9.19. The van der Waals surface area contributed by atoms with E-state index in [-0.39, 0.29) is 0 Å². The van der Waals surface area contributed by atoms with Crippen LogP contribution >= 0.6 is 0 Å². The highest BCUT2D eigenvalue weighted by molar-refractivity contribution is 6.23. The number of carbonyl (C=O) groups excluding carboxylic acids is 3. The first-order valence-electron chi connectivity index (χ1n) is 9.19. The first kappa shape index (κ1) is 17.3. The van der Waals surface area contributed by atoms with Gasteiger partial charge < -0.3 is 10.2 Å². The average Bonchev–Trinajstić information content (AvgIpc) is 3.30. The number of anilines is 2. The molecule has 1 fully saturated rings. The van der Waals surface area contributed by atoms with Gasteiger partial charge in [0.15, 0.2) is 0 Å². The molecule has 1 unspecified atom stereocenters. The van der Waals surface area contributed by atoms with Crippen molar-refractivity contribution in [2.75, 3.05) is 23.3 Å². The minimum absolute atomic E-state index is 0.345. The number of rotatable bonds is 4. The highest BCUT2D eigenvalue weighted by atomic mass is 16.2. The Bertz CT molecular complexity index is 866. The summed E-state index contributed by atoms with van der Waals surface area (Å²) >= 11 is 0. The Morgan fingerprint density at radius 3 is 2.04 bits per heavy atom. The number of hydrogen-bond donors (Lipinski definition) is 1. The lowest BCUT2D eigenvalue weighted by atomic mass is 10.1. The number of amides is 3. The van der Waals surface area contributed by atoms with Crippen LogP contribution in [0.15, 0.2) is 48.5 Å². The number of fused-ring (bicyclic) bond motifs is 1. The number of benzene rings is 2. The molecule has 138 valence electrons. The lowest BCUT2D eigenvalue weighted by molar-refractivity contribution is -0.119. The van der Waals surface area contributed by atoms with Crippen LogP contribution in [-0.2, 0) is 4.79 Å². The molecule has 2 heterocycles. The maximum absolute atomic E-state index is 12.6. The lowest BCUT2D eigenvalue weighted by Crippen LogP contribution is -2.45. The third kappa shape index (κ3) is 3.07. The molecule has 3 amide bonds. The molecule has 0 aromatic heterocycles. The van der Waals surface area contributed by atoms with Gasteiger partial charge in [-0.2, -0.15) is 0 Å². The smallest absolute Gasteiger partial charge is 0.262 e. The van der Waals surface area contributed by atoms with Crippen molar-refractivity contribution in [1.29, 1.82) is 0 Å². The molecule has 0 spiro atoms. The van der Waals surface area contributed by atoms with Crippen LogP contribution in [0.2, 0.25) is 0 Å². The lowest BCUT2D eigenvalue weighted by Gasteiger charge is -2.22. The van der Waals surface area contributed by atoms with E-state index in [9.17, 15) is 14.4 Å². The molecule has 0 saturated carbocycles. The molecule has 0 bridgehead atoms. The van der Waals surface area contributed by atoms with Gasteiger partial charge >= 0.3 is 0 Å². The van der Waals surface area contributed by atoms with Gasteiger partial charge in [-0.25, -0.2) is 0 Å². The van der Waals surface area contributed by atoms with Crippen molar-refractivity contribution in [2.45, 2.75) is 25.8 Å². The maximum Gasteiger partial charge on any atom is 0.262 e. The predicted octanol–water partition coefficient (Wildman–Crippen LogP) is 2.91. The van der Waals surface area contributed by atoms with Crippen LogP contribution in [0.25, 0.3) is 0 Å². The molecule has 0 aliphatic carbocycles. The summed E-state index contributed by atoms with van der Waals surface area (Å²) in [4.78, 5) is 41.0. The minimum atomic E-state index is -0.893. The fourth-order valence-electron chi connectivity index (χ4n) is 3.65. The van der Waals surface area contributed by atoms with Crippen LogP contribution in [0.4, 0.5) is 11.4 Å². The second-order valence-electron chi connectivity index (χ2n) is 6.93. The van der Waals surface area contributed by atoms with Gasteiger partial charge in [-0.05, 0) is 56.2 Å². The van der Waals surface area contributed by atoms with E-state index in [0.717, 1.165) is 23.7 Å². The van der Waals surface area contributed by atoms with Gasteiger partial charge in [0, 0.05) is 24.5 Å². The van der Waals surface area contributed by atoms with E-state index in [4.69, 9.17) is 0 Å². The molecule has 2 aromatic rings. The van der Waals surface area contributed by atoms with Gasteiger partial charge in [0.1, 0.15) is 6.04 Å². The molecule has 2 aromatic carbocycles. The summed E-state index contributed by atoms with van der Waals surface area (Å²) in [7, 11) is 0. The summed E-state index contributed by atoms with van der Waals surface area (Å²) in [5.41, 5.74) is 2.47. The van der Waals surface area contributed by atoms with Gasteiger partial charge in [-0.15, -0.1) is 0 Å². The van der Waals surface area contributed by atoms with E-state index in [1.54, 1.807) is 31.2 Å². The maximum atomic E-state index is 12.6. The molecule has 1 saturated heterocycles. The summed E-state index contributed by atoms with van der Waals surface area (Å²) in [6.45, 7) is 3.68. The van der Waals surface area contributed by atoms with E-state index in [1.165, 1.54) is 12.8 Å². The van der Waals surface area contributed by atoms with Gasteiger partial charge in [-0.3, -0.25) is 19.3 Å². The second-order valence-corrected chi connectivity index (χ2v) is 6.93. The predicted molar refractivity (Wildman–Crippen MR) is 103 cm³/mol. The normalized spacial score (nSPS) is 17.2. The fraction of sp³-hybridized carbons (Fsp3) is 0.286. The van der Waals surface area contributed by atoms with Crippen molar-refractivity contribution in [1.82, 2.24) is 4.90 Å². The average molecular weight is 363 g/mol. The molecule has 4 rings (SSSR count). The number of imide groups is 1. The summed E-state index contributed by atoms with van der Waals surface area (Å²) in [5, 5.41) is 2.80. The zero-order chi connectivity index (χ0) is 19.0. The molecule has 6 heteroatoms. The van der Waals surface area contributed by atoms with Crippen LogP contribution in [0.1, 0.15) is 40.5 Å². The highest BCUT2D eigenvalue weighted by Crippen LogP contribution is 2.26. The van der Waals surface area contributed by atoms with E-state index in [2.05, 4.69) is 10.2 Å². The minimum Gasteiger partial charge on any atom is -0.372 e. The van der Waals surface area contributed by atoms with E-state index < -0.39 is 23.8 Å². The van der Waals surface area contributed by atoms with Crippen LogP contribution < -0.4 is 10.2 Å². The number of nitrogens with one attached hydrogen (secondary N) is 1. The van der Waals surface area contributed by atoms with Crippen molar-refractivity contribution in [3.05, 3.63) is 59.7 Å². The molecular weight excluding hydrogens is 342 g/mol. The second kappa shape index (κ2) is 6.87. The van der Waals surface area contributed by atoms with Crippen LogP contribution in [0.3, 0.4) is 0 Å². The third-order valence-electron chi connectivity index (χ3n) is 5.20. The standard InChI is InChI=1S/C21H21N3O3/c1-14(24-20(26)17-6-2-3-7-18(17)21(24)27)19(25)22-15-8-10-16(11-9-15)23-12-4-5-13-23/h2-3,6-11,14H,4-5,12-13H2,1H3,(H,22,25). The molecular formula is C21H21N3O3. The van der Waals surface area contributed by atoms with E-state index in [1.807, 2.05) is 24.3 Å². The van der Waals surface area contributed by atoms with Crippen LogP contribution in [0, 0.1) is 0 Å². The number of nitrogens with zero attached hydrogens (tertiary/aromatic N) is 2. The SMILES string of the molecule is CC(C(=O)Nc1ccc(N2CCCC2)cc1)N1C(=O)c2ccccc2C1=O. The first-order chi connectivity index (χ1) is 13.1. The zero-order valence-corrected chi connectivity index (χ0v) is 15.1. The van der Waals surface area contributed by atoms with Gasteiger partial charge in [0.25, 0.3) is 11.8 Å². The Labute approximate surface area is 157 Å². The Morgan fingerprint density at radius 2 is 1.48 bits per heavy atom. The Hall–Kier alpha value is -3.15. The highest BCUT2D eigenvalue weighted by Gasteiger charge is 2.40. The summed E-state index contributed by atoms with van der Waals surface area (Å²) < 4.78 is 0. The van der Waals surface area contributed by atoms with Gasteiger partial charge in [0.05, 0.1) is 11.1 Å². The van der Waals surface area contributed by atoms with Gasteiger partial charge in [0.2, 0.25) is 5.91 Å². The summed E-state index contributed by atoms with van der Waals surface area (Å²) in [6, 6.07) is 13.4. The summed E-state index contributed by atoms with van der Waals surface area (Å²) in [6.07, 6.45) is 2.41. The van der Waals surface area contributed by atoms with Crippen molar-refractivity contribution in [3.63, 3.8) is 0 Å². The van der Waals surface area contributed by atoms with Gasteiger partial charge in [-0.1, -0.05) is 12.1 Å². The number of hydrogen-bond acceptors (Lipinski definition) is 4. The molecule has 1 N–H and O–H groups in total. The monoisotopic (exact) mass is 363 g/mol. The van der Waals surface area contributed by atoms with Crippen LogP contribution in [0.5, 0.6) is 0 Å². The molecule has 2 aliphatic heterocycles. The molecule has 0 radical (unpaired) electrons. The Morgan fingerprint density at radius 1 is 0.926 bits per heavy atom. The molecule has 6 nitrogen and oxygen atoms in total.